The van der Waals surface area contributed by atoms with Crippen LogP contribution in [0.4, 0.5) is 5.82 Å². The SMILES string of the molecule is CNC(=O)c1ccc(N2CCOC(C(C)N)C2)nn1. The van der Waals surface area contributed by atoms with Gasteiger partial charge >= 0.3 is 0 Å². The molecule has 1 amide bonds. The Balaban J connectivity index is 2.07. The minimum absolute atomic E-state index is 0.00540. The van der Waals surface area contributed by atoms with E-state index in [0.717, 1.165) is 12.4 Å². The molecule has 1 saturated heterocycles. The lowest BCUT2D eigenvalue weighted by atomic mass is 10.1. The molecule has 1 aliphatic heterocycles. The predicted octanol–water partition coefficient (Wildman–Crippen LogP) is -0.611. The number of hydrogen-bond donors (Lipinski definition) is 2. The standard InChI is InChI=1S/C12H19N5O2/c1-8(13)10-7-17(5-6-19-10)11-4-3-9(15-16-11)12(18)14-2/h3-4,8,10H,5-7,13H2,1-2H3,(H,14,18). The summed E-state index contributed by atoms with van der Waals surface area (Å²) in [5.74, 6) is 0.496. The maximum atomic E-state index is 11.4. The van der Waals surface area contributed by atoms with Crippen LogP contribution in [0.3, 0.4) is 0 Å². The quantitative estimate of drug-likeness (QED) is 0.757. The Morgan fingerprint density at radius 1 is 1.58 bits per heavy atom. The van der Waals surface area contributed by atoms with E-state index in [4.69, 9.17) is 10.5 Å². The van der Waals surface area contributed by atoms with Gasteiger partial charge in [0.2, 0.25) is 0 Å². The van der Waals surface area contributed by atoms with E-state index in [1.807, 2.05) is 6.92 Å². The van der Waals surface area contributed by atoms with Gasteiger partial charge < -0.3 is 20.7 Å². The third-order valence-corrected chi connectivity index (χ3v) is 3.11. The van der Waals surface area contributed by atoms with Crippen molar-refractivity contribution < 1.29 is 9.53 Å². The van der Waals surface area contributed by atoms with Crippen LogP contribution in [-0.2, 0) is 4.74 Å². The van der Waals surface area contributed by atoms with Gasteiger partial charge in [0.05, 0.1) is 12.7 Å². The summed E-state index contributed by atoms with van der Waals surface area (Å²) in [4.78, 5) is 13.4. The summed E-state index contributed by atoms with van der Waals surface area (Å²) in [6.07, 6.45) is -0.00540. The number of amides is 1. The molecule has 104 valence electrons. The van der Waals surface area contributed by atoms with Crippen LogP contribution in [0, 0.1) is 0 Å². The van der Waals surface area contributed by atoms with Gasteiger partial charge in [-0.2, -0.15) is 0 Å². The van der Waals surface area contributed by atoms with E-state index >= 15 is 0 Å². The molecule has 0 aromatic carbocycles. The first kappa shape index (κ1) is 13.7. The zero-order chi connectivity index (χ0) is 13.8. The van der Waals surface area contributed by atoms with Crippen LogP contribution in [-0.4, -0.2) is 55.0 Å². The number of nitrogens with zero attached hydrogens (tertiary/aromatic N) is 3. The number of carbonyl (C=O) groups excluding carboxylic acids is 1. The number of nitrogens with one attached hydrogen (secondary N) is 1. The zero-order valence-electron chi connectivity index (χ0n) is 11.2. The van der Waals surface area contributed by atoms with Gasteiger partial charge in [0, 0.05) is 26.2 Å². The predicted molar refractivity (Wildman–Crippen MR) is 71.0 cm³/mol. The number of ether oxygens (including phenoxy) is 1. The van der Waals surface area contributed by atoms with Gasteiger partial charge in [0.15, 0.2) is 11.5 Å². The molecule has 1 aromatic heterocycles. The molecule has 0 bridgehead atoms. The van der Waals surface area contributed by atoms with E-state index < -0.39 is 0 Å². The molecule has 19 heavy (non-hydrogen) atoms. The summed E-state index contributed by atoms with van der Waals surface area (Å²) in [5, 5.41) is 10.5. The van der Waals surface area contributed by atoms with Crippen molar-refractivity contribution in [1.29, 1.82) is 0 Å². The van der Waals surface area contributed by atoms with Crippen LogP contribution in [0.5, 0.6) is 0 Å². The van der Waals surface area contributed by atoms with Gasteiger partial charge in [-0.3, -0.25) is 4.79 Å². The van der Waals surface area contributed by atoms with Gasteiger partial charge in [-0.05, 0) is 19.1 Å². The van der Waals surface area contributed by atoms with Crippen molar-refractivity contribution >= 4 is 11.7 Å². The van der Waals surface area contributed by atoms with E-state index in [1.165, 1.54) is 0 Å². The largest absolute Gasteiger partial charge is 0.373 e. The highest BCUT2D eigenvalue weighted by Gasteiger charge is 2.24. The summed E-state index contributed by atoms with van der Waals surface area (Å²) in [7, 11) is 1.56. The van der Waals surface area contributed by atoms with E-state index in [9.17, 15) is 4.79 Å². The maximum absolute atomic E-state index is 11.4. The second-order valence-corrected chi connectivity index (χ2v) is 4.57. The fraction of sp³-hybridized carbons (Fsp3) is 0.583. The molecule has 1 fully saturated rings. The van der Waals surface area contributed by atoms with E-state index in [0.29, 0.717) is 18.8 Å². The van der Waals surface area contributed by atoms with Gasteiger partial charge in [-0.1, -0.05) is 0 Å². The molecule has 2 rings (SSSR count). The third-order valence-electron chi connectivity index (χ3n) is 3.11. The van der Waals surface area contributed by atoms with Gasteiger partial charge in [0.25, 0.3) is 5.91 Å². The molecule has 3 N–H and O–H groups in total. The van der Waals surface area contributed by atoms with Crippen molar-refractivity contribution in [1.82, 2.24) is 15.5 Å². The topological polar surface area (TPSA) is 93.4 Å². The van der Waals surface area contributed by atoms with Gasteiger partial charge in [0.1, 0.15) is 0 Å². The normalized spacial score (nSPS) is 21.0. The Bertz CT molecular complexity index is 434. The minimum Gasteiger partial charge on any atom is -0.373 e. The van der Waals surface area contributed by atoms with Crippen LogP contribution in [0.2, 0.25) is 0 Å². The fourth-order valence-corrected chi connectivity index (χ4v) is 1.94. The Morgan fingerprint density at radius 3 is 2.95 bits per heavy atom. The second-order valence-electron chi connectivity index (χ2n) is 4.57. The lowest BCUT2D eigenvalue weighted by Crippen LogP contribution is -2.49. The van der Waals surface area contributed by atoms with E-state index in [2.05, 4.69) is 20.4 Å². The molecule has 2 atom stereocenters. The Hall–Kier alpha value is -1.73. The molecular formula is C12H19N5O2. The smallest absolute Gasteiger partial charge is 0.271 e. The number of anilines is 1. The third kappa shape index (κ3) is 3.18. The molecular weight excluding hydrogens is 246 g/mol. The Morgan fingerprint density at radius 2 is 2.37 bits per heavy atom. The van der Waals surface area contributed by atoms with Crippen LogP contribution >= 0.6 is 0 Å². The van der Waals surface area contributed by atoms with Crippen molar-refractivity contribution in [2.45, 2.75) is 19.1 Å². The molecule has 7 nitrogen and oxygen atoms in total. The molecule has 0 saturated carbocycles. The molecule has 7 heteroatoms. The number of carbonyl (C=O) groups is 1. The van der Waals surface area contributed by atoms with Crippen molar-refractivity contribution in [3.05, 3.63) is 17.8 Å². The summed E-state index contributed by atoms with van der Waals surface area (Å²) in [6.45, 7) is 3.97. The molecule has 0 radical (unpaired) electrons. The van der Waals surface area contributed by atoms with Crippen LogP contribution in [0.15, 0.2) is 12.1 Å². The lowest BCUT2D eigenvalue weighted by molar-refractivity contribution is 0.0273. The van der Waals surface area contributed by atoms with Crippen molar-refractivity contribution in [3.63, 3.8) is 0 Å². The summed E-state index contributed by atoms with van der Waals surface area (Å²) in [6, 6.07) is 3.43. The molecule has 0 aliphatic carbocycles. The number of aromatic nitrogens is 2. The second kappa shape index (κ2) is 5.94. The van der Waals surface area contributed by atoms with Gasteiger partial charge in [-0.15, -0.1) is 10.2 Å². The number of morpholine rings is 1. The van der Waals surface area contributed by atoms with E-state index in [1.54, 1.807) is 19.2 Å². The van der Waals surface area contributed by atoms with Crippen LogP contribution in [0.1, 0.15) is 17.4 Å². The molecule has 0 spiro atoms. The monoisotopic (exact) mass is 265 g/mol. The number of hydrogen-bond acceptors (Lipinski definition) is 6. The van der Waals surface area contributed by atoms with Crippen molar-refractivity contribution in [2.75, 3.05) is 31.6 Å². The molecule has 2 unspecified atom stereocenters. The van der Waals surface area contributed by atoms with Crippen molar-refractivity contribution in [3.8, 4) is 0 Å². The summed E-state index contributed by atoms with van der Waals surface area (Å²) >= 11 is 0. The first-order valence-electron chi connectivity index (χ1n) is 6.29. The molecule has 1 aliphatic rings. The molecule has 1 aromatic rings. The maximum Gasteiger partial charge on any atom is 0.271 e. The zero-order valence-corrected chi connectivity index (χ0v) is 11.2. The highest BCUT2D eigenvalue weighted by molar-refractivity contribution is 5.91. The Labute approximate surface area is 112 Å². The highest BCUT2D eigenvalue weighted by atomic mass is 16.5. The first-order valence-corrected chi connectivity index (χ1v) is 6.29. The van der Waals surface area contributed by atoms with Gasteiger partial charge in [-0.25, -0.2) is 0 Å². The fourth-order valence-electron chi connectivity index (χ4n) is 1.94. The lowest BCUT2D eigenvalue weighted by Gasteiger charge is -2.35. The molecule has 2 heterocycles. The minimum atomic E-state index is -0.241. The summed E-state index contributed by atoms with van der Waals surface area (Å²) < 4.78 is 5.59. The van der Waals surface area contributed by atoms with E-state index in [-0.39, 0.29) is 18.1 Å². The number of nitrogens with two attached hydrogens (primary N) is 1. The average Bonchev–Trinajstić information content (AvgIpc) is 2.46. The Kier molecular flexibility index (Phi) is 4.28. The average molecular weight is 265 g/mol. The highest BCUT2D eigenvalue weighted by Crippen LogP contribution is 2.15. The first-order chi connectivity index (χ1) is 9.11. The van der Waals surface area contributed by atoms with Crippen molar-refractivity contribution in [2.24, 2.45) is 5.73 Å². The number of rotatable bonds is 3. The van der Waals surface area contributed by atoms with Crippen LogP contribution < -0.4 is 16.0 Å². The summed E-state index contributed by atoms with van der Waals surface area (Å²) in [5.41, 5.74) is 6.16. The van der Waals surface area contributed by atoms with Crippen LogP contribution in [0.25, 0.3) is 0 Å².